The molecule has 208 valence electrons. The molecule has 0 aromatic heterocycles. The molecule has 3 aromatic rings. The van der Waals surface area contributed by atoms with Crippen LogP contribution in [0.5, 0.6) is 23.0 Å². The number of benzene rings is 3. The van der Waals surface area contributed by atoms with E-state index in [9.17, 15) is 9.90 Å². The van der Waals surface area contributed by atoms with Crippen LogP contribution in [-0.4, -0.2) is 80.7 Å². The predicted octanol–water partition coefficient (Wildman–Crippen LogP) is 3.93. The Hall–Kier alpha value is -3.20. The fourth-order valence-corrected chi connectivity index (χ4v) is 6.17. The number of halogens is 1. The first-order chi connectivity index (χ1) is 18.5. The van der Waals surface area contributed by atoms with Gasteiger partial charge in [0.25, 0.3) is 5.91 Å². The van der Waals surface area contributed by atoms with Crippen molar-refractivity contribution in [2.75, 3.05) is 53.7 Å². The smallest absolute Gasteiger partial charge is 0.254 e. The van der Waals surface area contributed by atoms with Crippen LogP contribution in [0.2, 0.25) is 0 Å². The van der Waals surface area contributed by atoms with E-state index in [0.29, 0.717) is 36.1 Å². The molecule has 1 amide bonds. The SMILES string of the molecule is COc1ccc2c(CC(O)CN3CCC(CN4CCc5cc6c(cc5C4=O)OCO6)C3)cccc2c1OC.Cl. The molecule has 3 aliphatic heterocycles. The van der Waals surface area contributed by atoms with Gasteiger partial charge in [-0.05, 0) is 60.0 Å². The molecule has 39 heavy (non-hydrogen) atoms. The number of ether oxygens (including phenoxy) is 4. The molecule has 2 unspecified atom stereocenters. The second-order valence-electron chi connectivity index (χ2n) is 10.4. The summed E-state index contributed by atoms with van der Waals surface area (Å²) in [4.78, 5) is 17.5. The van der Waals surface area contributed by atoms with Gasteiger partial charge in [0.05, 0.1) is 20.3 Å². The van der Waals surface area contributed by atoms with Crippen LogP contribution in [-0.2, 0) is 12.8 Å². The lowest BCUT2D eigenvalue weighted by atomic mass is 9.97. The normalized spacial score (nSPS) is 19.1. The standard InChI is InChI=1S/C30H34N2O6.ClH/c1-35-26-7-6-23-20(4-3-5-24(23)29(26)36-2)12-22(33)17-31-10-8-19(15-31)16-32-11-9-21-13-27-28(38-18-37-27)14-25(21)30(32)34;/h3-7,13-14,19,22,33H,8-12,15-18H2,1-2H3;1H. The molecule has 6 rings (SSSR count). The molecule has 3 aliphatic rings. The minimum atomic E-state index is -0.486. The molecular weight excluding hydrogens is 520 g/mol. The van der Waals surface area contributed by atoms with Crippen LogP contribution in [0, 0.1) is 5.92 Å². The molecule has 2 atom stereocenters. The first kappa shape index (κ1) is 27.4. The minimum absolute atomic E-state index is 0. The number of fused-ring (bicyclic) bond motifs is 3. The number of β-amino-alcohol motifs (C(OH)–C–C–N with tert-alkyl or cyclic N) is 1. The highest BCUT2D eigenvalue weighted by Crippen LogP contribution is 2.38. The highest BCUT2D eigenvalue weighted by molar-refractivity contribution is 5.97. The number of amides is 1. The van der Waals surface area contributed by atoms with Gasteiger partial charge < -0.3 is 33.9 Å². The molecule has 3 heterocycles. The van der Waals surface area contributed by atoms with Crippen molar-refractivity contribution in [3.05, 3.63) is 59.2 Å². The van der Waals surface area contributed by atoms with Gasteiger partial charge in [-0.25, -0.2) is 0 Å². The average Bonchev–Trinajstić information content (AvgIpc) is 3.57. The maximum Gasteiger partial charge on any atom is 0.254 e. The molecule has 0 bridgehead atoms. The summed E-state index contributed by atoms with van der Waals surface area (Å²) in [5, 5.41) is 13.0. The summed E-state index contributed by atoms with van der Waals surface area (Å²) in [7, 11) is 3.28. The van der Waals surface area contributed by atoms with Gasteiger partial charge in [0.15, 0.2) is 23.0 Å². The van der Waals surface area contributed by atoms with Crippen molar-refractivity contribution in [1.82, 2.24) is 9.80 Å². The second-order valence-corrected chi connectivity index (χ2v) is 10.4. The molecule has 1 fully saturated rings. The van der Waals surface area contributed by atoms with Crippen molar-refractivity contribution < 1.29 is 28.8 Å². The van der Waals surface area contributed by atoms with Crippen LogP contribution in [0.25, 0.3) is 10.8 Å². The van der Waals surface area contributed by atoms with Crippen LogP contribution < -0.4 is 18.9 Å². The van der Waals surface area contributed by atoms with Crippen LogP contribution in [0.4, 0.5) is 0 Å². The number of rotatable bonds is 8. The van der Waals surface area contributed by atoms with Crippen LogP contribution in [0.15, 0.2) is 42.5 Å². The van der Waals surface area contributed by atoms with Gasteiger partial charge >= 0.3 is 0 Å². The maximum absolute atomic E-state index is 13.2. The Morgan fingerprint density at radius 1 is 1.05 bits per heavy atom. The van der Waals surface area contributed by atoms with Crippen molar-refractivity contribution >= 4 is 29.1 Å². The van der Waals surface area contributed by atoms with E-state index in [1.54, 1.807) is 14.2 Å². The van der Waals surface area contributed by atoms with Gasteiger partial charge in [-0.2, -0.15) is 0 Å². The number of carbonyl (C=O) groups excluding carboxylic acids is 1. The molecule has 8 nitrogen and oxygen atoms in total. The van der Waals surface area contributed by atoms with Gasteiger partial charge in [-0.3, -0.25) is 4.79 Å². The zero-order chi connectivity index (χ0) is 26.2. The van der Waals surface area contributed by atoms with Gasteiger partial charge in [0.2, 0.25) is 6.79 Å². The van der Waals surface area contributed by atoms with Gasteiger partial charge in [0, 0.05) is 43.5 Å². The fourth-order valence-electron chi connectivity index (χ4n) is 6.17. The Bertz CT molecular complexity index is 1370. The molecule has 0 radical (unpaired) electrons. The van der Waals surface area contributed by atoms with Crippen LogP contribution in [0.1, 0.15) is 27.9 Å². The molecule has 0 saturated carbocycles. The highest BCUT2D eigenvalue weighted by Gasteiger charge is 2.32. The number of hydrogen-bond donors (Lipinski definition) is 1. The number of carbonyl (C=O) groups is 1. The number of likely N-dealkylation sites (tertiary alicyclic amines) is 1. The van der Waals surface area contributed by atoms with E-state index in [0.717, 1.165) is 72.2 Å². The Morgan fingerprint density at radius 3 is 2.67 bits per heavy atom. The Labute approximate surface area is 234 Å². The molecule has 3 aromatic carbocycles. The summed E-state index contributed by atoms with van der Waals surface area (Å²) in [6.07, 6.45) is 1.93. The molecule has 9 heteroatoms. The molecule has 0 aliphatic carbocycles. The summed E-state index contributed by atoms with van der Waals surface area (Å²) in [5.41, 5.74) is 2.86. The van der Waals surface area contributed by atoms with E-state index in [1.165, 1.54) is 0 Å². The van der Waals surface area contributed by atoms with E-state index < -0.39 is 6.10 Å². The molecule has 0 spiro atoms. The van der Waals surface area contributed by atoms with Crippen LogP contribution >= 0.6 is 12.4 Å². The van der Waals surface area contributed by atoms with Crippen molar-refractivity contribution in [3.8, 4) is 23.0 Å². The Balaban J connectivity index is 0.00000308. The van der Waals surface area contributed by atoms with Gasteiger partial charge in [-0.15, -0.1) is 12.4 Å². The first-order valence-electron chi connectivity index (χ1n) is 13.3. The third-order valence-corrected chi connectivity index (χ3v) is 8.03. The summed E-state index contributed by atoms with van der Waals surface area (Å²) in [6.45, 7) is 4.10. The third-order valence-electron chi connectivity index (χ3n) is 8.03. The maximum atomic E-state index is 13.2. The van der Waals surface area contributed by atoms with Crippen molar-refractivity contribution in [2.24, 2.45) is 5.92 Å². The number of nitrogens with zero attached hydrogens (tertiary/aromatic N) is 2. The Morgan fingerprint density at radius 2 is 1.87 bits per heavy atom. The molecular formula is C30H35ClN2O6. The number of hydrogen-bond acceptors (Lipinski definition) is 7. The average molecular weight is 555 g/mol. The lowest BCUT2D eigenvalue weighted by Gasteiger charge is -2.31. The third kappa shape index (κ3) is 5.33. The van der Waals surface area contributed by atoms with E-state index in [2.05, 4.69) is 11.0 Å². The Kier molecular flexibility index (Phi) is 8.07. The van der Waals surface area contributed by atoms with Crippen molar-refractivity contribution in [1.29, 1.82) is 0 Å². The zero-order valence-corrected chi connectivity index (χ0v) is 23.2. The summed E-state index contributed by atoms with van der Waals surface area (Å²) in [5.74, 6) is 3.27. The van der Waals surface area contributed by atoms with E-state index in [4.69, 9.17) is 18.9 Å². The first-order valence-corrected chi connectivity index (χ1v) is 13.3. The number of aliphatic hydroxyl groups is 1. The summed E-state index contributed by atoms with van der Waals surface area (Å²) in [6, 6.07) is 13.8. The zero-order valence-electron chi connectivity index (χ0n) is 22.4. The minimum Gasteiger partial charge on any atom is -0.493 e. The number of methoxy groups -OCH3 is 2. The van der Waals surface area contributed by atoms with E-state index in [1.807, 2.05) is 41.3 Å². The van der Waals surface area contributed by atoms with Crippen molar-refractivity contribution in [2.45, 2.75) is 25.4 Å². The largest absolute Gasteiger partial charge is 0.493 e. The lowest BCUT2D eigenvalue weighted by molar-refractivity contribution is 0.0707. The summed E-state index contributed by atoms with van der Waals surface area (Å²) >= 11 is 0. The van der Waals surface area contributed by atoms with Gasteiger partial charge in [0.1, 0.15) is 0 Å². The monoisotopic (exact) mass is 554 g/mol. The van der Waals surface area contributed by atoms with Crippen molar-refractivity contribution in [3.63, 3.8) is 0 Å². The summed E-state index contributed by atoms with van der Waals surface area (Å²) < 4.78 is 22.0. The predicted molar refractivity (Wildman–Crippen MR) is 151 cm³/mol. The second kappa shape index (κ2) is 11.5. The molecule has 1 saturated heterocycles. The topological polar surface area (TPSA) is 80.7 Å². The molecule has 1 N–H and O–H groups in total. The lowest BCUT2D eigenvalue weighted by Crippen LogP contribution is -2.41. The van der Waals surface area contributed by atoms with Gasteiger partial charge in [-0.1, -0.05) is 24.3 Å². The number of aliphatic hydroxyl groups excluding tert-OH is 1. The van der Waals surface area contributed by atoms with Crippen LogP contribution in [0.3, 0.4) is 0 Å². The quantitative estimate of drug-likeness (QED) is 0.452. The fraction of sp³-hybridized carbons (Fsp3) is 0.433. The highest BCUT2D eigenvalue weighted by atomic mass is 35.5. The van der Waals surface area contributed by atoms with E-state index in [-0.39, 0.29) is 25.1 Å². The van der Waals surface area contributed by atoms with E-state index >= 15 is 0 Å².